The highest BCUT2D eigenvalue weighted by atomic mass is 16.5. The molecule has 0 spiro atoms. The first-order chi connectivity index (χ1) is 13.3. The largest absolute Gasteiger partial charge is 0.376 e. The molecule has 2 aromatic rings. The molecule has 2 aromatic heterocycles. The van der Waals surface area contributed by atoms with Crippen molar-refractivity contribution in [1.82, 2.24) is 24.9 Å². The Morgan fingerprint density at radius 1 is 1.26 bits per heavy atom. The minimum Gasteiger partial charge on any atom is -0.376 e. The number of hydrogen-bond acceptors (Lipinski definition) is 7. The van der Waals surface area contributed by atoms with Crippen LogP contribution in [-0.2, 0) is 24.3 Å². The number of aromatic nitrogens is 4. The summed E-state index contributed by atoms with van der Waals surface area (Å²) in [6, 6.07) is 5.71. The molecule has 1 unspecified atom stereocenters. The number of piperidine rings is 1. The molecular formula is C19H26N6O2. The Labute approximate surface area is 158 Å². The van der Waals surface area contributed by atoms with Gasteiger partial charge in [-0.15, -0.1) is 5.10 Å². The number of nitrogens with one attached hydrogen (secondary N) is 1. The predicted octanol–water partition coefficient (Wildman–Crippen LogP) is 1.07. The molecule has 0 aromatic carbocycles. The molecule has 0 aliphatic carbocycles. The maximum Gasteiger partial charge on any atom is 0.266 e. The van der Waals surface area contributed by atoms with Gasteiger partial charge in [0.05, 0.1) is 25.5 Å². The van der Waals surface area contributed by atoms with E-state index in [4.69, 9.17) is 4.74 Å². The molecule has 8 heteroatoms. The second kappa shape index (κ2) is 8.58. The Morgan fingerprint density at radius 2 is 2.22 bits per heavy atom. The molecule has 0 radical (unpaired) electrons. The SMILES string of the molecule is O=c1cccnn1CCN1CCCCC1CNc1cc2c(nn1)CCOC2. The molecule has 27 heavy (non-hydrogen) atoms. The van der Waals surface area contributed by atoms with Crippen LogP contribution in [0.5, 0.6) is 0 Å². The van der Waals surface area contributed by atoms with Gasteiger partial charge >= 0.3 is 0 Å². The van der Waals surface area contributed by atoms with Crippen LogP contribution in [0.1, 0.15) is 30.5 Å². The van der Waals surface area contributed by atoms with Crippen molar-refractivity contribution in [2.24, 2.45) is 0 Å². The van der Waals surface area contributed by atoms with E-state index in [-0.39, 0.29) is 5.56 Å². The summed E-state index contributed by atoms with van der Waals surface area (Å²) in [5, 5.41) is 16.3. The first kappa shape index (κ1) is 18.1. The maximum absolute atomic E-state index is 11.8. The first-order valence-electron chi connectivity index (χ1n) is 9.73. The van der Waals surface area contributed by atoms with Crippen molar-refractivity contribution in [3.8, 4) is 0 Å². The van der Waals surface area contributed by atoms with E-state index >= 15 is 0 Å². The van der Waals surface area contributed by atoms with E-state index in [0.29, 0.717) is 19.2 Å². The molecule has 0 bridgehead atoms. The fourth-order valence-electron chi connectivity index (χ4n) is 3.81. The van der Waals surface area contributed by atoms with Gasteiger partial charge in [0.1, 0.15) is 5.82 Å². The number of likely N-dealkylation sites (tertiary alicyclic amines) is 1. The number of anilines is 1. The summed E-state index contributed by atoms with van der Waals surface area (Å²) in [6.45, 7) is 4.67. The van der Waals surface area contributed by atoms with E-state index in [0.717, 1.165) is 56.2 Å². The number of nitrogens with zero attached hydrogens (tertiary/aromatic N) is 5. The Morgan fingerprint density at radius 3 is 3.15 bits per heavy atom. The zero-order valence-corrected chi connectivity index (χ0v) is 15.5. The molecular weight excluding hydrogens is 344 g/mol. The molecule has 0 amide bonds. The summed E-state index contributed by atoms with van der Waals surface area (Å²) in [7, 11) is 0. The molecule has 1 fully saturated rings. The van der Waals surface area contributed by atoms with Gasteiger partial charge in [-0.2, -0.15) is 10.2 Å². The Balaban J connectivity index is 1.35. The van der Waals surface area contributed by atoms with Crippen LogP contribution in [-0.4, -0.2) is 57.2 Å². The molecule has 2 aliphatic rings. The number of rotatable bonds is 6. The molecule has 1 atom stereocenters. The maximum atomic E-state index is 11.8. The summed E-state index contributed by atoms with van der Waals surface area (Å²) in [4.78, 5) is 14.3. The highest BCUT2D eigenvalue weighted by Gasteiger charge is 2.22. The third kappa shape index (κ3) is 4.51. The van der Waals surface area contributed by atoms with Crippen LogP contribution < -0.4 is 10.9 Å². The summed E-state index contributed by atoms with van der Waals surface area (Å²) >= 11 is 0. The van der Waals surface area contributed by atoms with Gasteiger partial charge in [-0.1, -0.05) is 6.42 Å². The second-order valence-electron chi connectivity index (χ2n) is 7.16. The molecule has 2 aliphatic heterocycles. The lowest BCUT2D eigenvalue weighted by Gasteiger charge is -2.35. The van der Waals surface area contributed by atoms with Crippen molar-refractivity contribution in [2.45, 2.75) is 44.9 Å². The minimum atomic E-state index is -0.0456. The van der Waals surface area contributed by atoms with Crippen LogP contribution in [0.15, 0.2) is 29.2 Å². The van der Waals surface area contributed by atoms with Crippen LogP contribution in [0.2, 0.25) is 0 Å². The van der Waals surface area contributed by atoms with E-state index in [1.54, 1.807) is 18.3 Å². The quantitative estimate of drug-likeness (QED) is 0.814. The molecule has 1 N–H and O–H groups in total. The lowest BCUT2D eigenvalue weighted by atomic mass is 10.0. The van der Waals surface area contributed by atoms with Crippen LogP contribution >= 0.6 is 0 Å². The summed E-state index contributed by atoms with van der Waals surface area (Å²) < 4.78 is 7.04. The predicted molar refractivity (Wildman–Crippen MR) is 102 cm³/mol. The number of ether oxygens (including phenoxy) is 1. The van der Waals surface area contributed by atoms with Crippen LogP contribution in [0.25, 0.3) is 0 Å². The zero-order valence-electron chi connectivity index (χ0n) is 15.5. The fourth-order valence-corrected chi connectivity index (χ4v) is 3.81. The smallest absolute Gasteiger partial charge is 0.266 e. The van der Waals surface area contributed by atoms with Crippen molar-refractivity contribution in [1.29, 1.82) is 0 Å². The van der Waals surface area contributed by atoms with Crippen molar-refractivity contribution in [3.63, 3.8) is 0 Å². The molecule has 8 nitrogen and oxygen atoms in total. The van der Waals surface area contributed by atoms with Gasteiger partial charge in [0.25, 0.3) is 5.56 Å². The van der Waals surface area contributed by atoms with Gasteiger partial charge in [0, 0.05) is 43.4 Å². The second-order valence-corrected chi connectivity index (χ2v) is 7.16. The zero-order chi connectivity index (χ0) is 18.5. The molecule has 0 saturated carbocycles. The van der Waals surface area contributed by atoms with E-state index < -0.39 is 0 Å². The van der Waals surface area contributed by atoms with Crippen molar-refractivity contribution < 1.29 is 4.74 Å². The van der Waals surface area contributed by atoms with Crippen LogP contribution in [0, 0.1) is 0 Å². The molecule has 144 valence electrons. The topological polar surface area (TPSA) is 85.2 Å². The lowest BCUT2D eigenvalue weighted by molar-refractivity contribution is 0.109. The van der Waals surface area contributed by atoms with Crippen molar-refractivity contribution in [2.75, 3.05) is 31.6 Å². The van der Waals surface area contributed by atoms with Crippen molar-refractivity contribution in [3.05, 3.63) is 46.0 Å². The normalized spacial score (nSPS) is 20.2. The summed E-state index contributed by atoms with van der Waals surface area (Å²) in [6.07, 6.45) is 6.08. The Bertz CT molecular complexity index is 824. The Hall–Kier alpha value is -2.32. The van der Waals surface area contributed by atoms with Crippen LogP contribution in [0.3, 0.4) is 0 Å². The van der Waals surface area contributed by atoms with E-state index in [1.165, 1.54) is 17.5 Å². The monoisotopic (exact) mass is 370 g/mol. The summed E-state index contributed by atoms with van der Waals surface area (Å²) in [5.74, 6) is 0.811. The molecule has 1 saturated heterocycles. The minimum absolute atomic E-state index is 0.0456. The lowest BCUT2D eigenvalue weighted by Crippen LogP contribution is -2.45. The van der Waals surface area contributed by atoms with Gasteiger partial charge in [0.15, 0.2) is 0 Å². The summed E-state index contributed by atoms with van der Waals surface area (Å²) in [5.41, 5.74) is 2.14. The Kier molecular flexibility index (Phi) is 5.74. The van der Waals surface area contributed by atoms with Gasteiger partial charge in [-0.05, 0) is 31.5 Å². The average molecular weight is 370 g/mol. The third-order valence-corrected chi connectivity index (χ3v) is 5.35. The average Bonchev–Trinajstić information content (AvgIpc) is 2.72. The number of hydrogen-bond donors (Lipinski definition) is 1. The van der Waals surface area contributed by atoms with Crippen LogP contribution in [0.4, 0.5) is 5.82 Å². The number of fused-ring (bicyclic) bond motifs is 1. The molecule has 4 rings (SSSR count). The highest BCUT2D eigenvalue weighted by Crippen LogP contribution is 2.19. The van der Waals surface area contributed by atoms with E-state index in [1.807, 2.05) is 0 Å². The van der Waals surface area contributed by atoms with Gasteiger partial charge < -0.3 is 10.1 Å². The van der Waals surface area contributed by atoms with E-state index in [2.05, 4.69) is 31.6 Å². The molecule has 4 heterocycles. The standard InChI is InChI=1S/C19H26N6O2/c26-19-5-3-7-21-25(19)10-9-24-8-2-1-4-16(24)13-20-18-12-15-14-27-11-6-17(15)22-23-18/h3,5,7,12,16H,1-2,4,6,8-11,13-14H2,(H,20,23). The van der Waals surface area contributed by atoms with Gasteiger partial charge in [-0.25, -0.2) is 4.68 Å². The van der Waals surface area contributed by atoms with Gasteiger partial charge in [-0.3, -0.25) is 9.69 Å². The van der Waals surface area contributed by atoms with Gasteiger partial charge in [0.2, 0.25) is 0 Å². The van der Waals surface area contributed by atoms with E-state index in [9.17, 15) is 4.79 Å². The van der Waals surface area contributed by atoms with Crippen molar-refractivity contribution >= 4 is 5.82 Å². The fraction of sp³-hybridized carbons (Fsp3) is 0.579. The third-order valence-electron chi connectivity index (χ3n) is 5.35. The highest BCUT2D eigenvalue weighted by molar-refractivity contribution is 5.38. The first-order valence-corrected chi connectivity index (χ1v) is 9.73.